The maximum absolute atomic E-state index is 9.79. The minimum Gasteiger partial charge on any atom is -0.395 e. The monoisotopic (exact) mass is 356 g/mol. The first-order valence-corrected chi connectivity index (χ1v) is 9.26. The SMILES string of the molecule is CC(C)c1cc(N2CCc3cc([C@@H](C)O)ccc3C2)nc(NCCO)n1. The van der Waals surface area contributed by atoms with E-state index in [1.54, 1.807) is 6.92 Å². The number of anilines is 2. The topological polar surface area (TPSA) is 81.5 Å². The number of aliphatic hydroxyl groups excluding tert-OH is 2. The predicted molar refractivity (Wildman–Crippen MR) is 104 cm³/mol. The van der Waals surface area contributed by atoms with E-state index in [1.807, 2.05) is 6.07 Å². The molecule has 0 aliphatic carbocycles. The van der Waals surface area contributed by atoms with Gasteiger partial charge in [-0.25, -0.2) is 4.98 Å². The summed E-state index contributed by atoms with van der Waals surface area (Å²) < 4.78 is 0. The Kier molecular flexibility index (Phi) is 5.74. The fraction of sp³-hybridized carbons (Fsp3) is 0.500. The lowest BCUT2D eigenvalue weighted by Gasteiger charge is -2.31. The first-order valence-electron chi connectivity index (χ1n) is 9.26. The molecule has 2 heterocycles. The number of rotatable bonds is 6. The average Bonchev–Trinajstić information content (AvgIpc) is 2.65. The molecule has 3 rings (SSSR count). The number of benzene rings is 1. The van der Waals surface area contributed by atoms with Crippen molar-refractivity contribution in [2.75, 3.05) is 29.9 Å². The van der Waals surface area contributed by atoms with Gasteiger partial charge in [0.05, 0.1) is 18.4 Å². The van der Waals surface area contributed by atoms with Crippen LogP contribution in [0.25, 0.3) is 0 Å². The van der Waals surface area contributed by atoms with E-state index in [2.05, 4.69) is 52.2 Å². The van der Waals surface area contributed by atoms with Gasteiger partial charge in [-0.15, -0.1) is 0 Å². The van der Waals surface area contributed by atoms with Gasteiger partial charge in [0.1, 0.15) is 5.82 Å². The predicted octanol–water partition coefficient (Wildman–Crippen LogP) is 2.62. The second-order valence-corrected chi connectivity index (χ2v) is 7.16. The number of nitrogens with one attached hydrogen (secondary N) is 1. The summed E-state index contributed by atoms with van der Waals surface area (Å²) in [6, 6.07) is 8.29. The zero-order valence-corrected chi connectivity index (χ0v) is 15.7. The van der Waals surface area contributed by atoms with Crippen LogP contribution >= 0.6 is 0 Å². The number of aliphatic hydroxyl groups is 2. The highest BCUT2D eigenvalue weighted by Gasteiger charge is 2.20. The molecule has 0 unspecified atom stereocenters. The highest BCUT2D eigenvalue weighted by atomic mass is 16.3. The molecule has 1 aliphatic rings. The van der Waals surface area contributed by atoms with Gasteiger partial charge in [0.25, 0.3) is 0 Å². The maximum atomic E-state index is 9.79. The Morgan fingerprint density at radius 2 is 1.96 bits per heavy atom. The van der Waals surface area contributed by atoms with E-state index in [9.17, 15) is 5.11 Å². The summed E-state index contributed by atoms with van der Waals surface area (Å²) in [6.07, 6.45) is 0.491. The largest absolute Gasteiger partial charge is 0.395 e. The van der Waals surface area contributed by atoms with Gasteiger partial charge < -0.3 is 20.4 Å². The second kappa shape index (κ2) is 8.01. The van der Waals surface area contributed by atoms with Crippen molar-refractivity contribution in [2.24, 2.45) is 0 Å². The lowest BCUT2D eigenvalue weighted by atomic mass is 9.95. The van der Waals surface area contributed by atoms with Crippen LogP contribution in [0.2, 0.25) is 0 Å². The van der Waals surface area contributed by atoms with Gasteiger partial charge in [-0.1, -0.05) is 32.0 Å². The van der Waals surface area contributed by atoms with E-state index in [4.69, 9.17) is 5.11 Å². The third-order valence-corrected chi connectivity index (χ3v) is 4.77. The summed E-state index contributed by atoms with van der Waals surface area (Å²) in [5.74, 6) is 1.78. The molecule has 0 spiro atoms. The van der Waals surface area contributed by atoms with E-state index in [0.29, 0.717) is 18.4 Å². The highest BCUT2D eigenvalue weighted by Crippen LogP contribution is 2.28. The van der Waals surface area contributed by atoms with Crippen LogP contribution in [0.15, 0.2) is 24.3 Å². The summed E-state index contributed by atoms with van der Waals surface area (Å²) in [6.45, 7) is 8.19. The second-order valence-electron chi connectivity index (χ2n) is 7.16. The van der Waals surface area contributed by atoms with E-state index in [1.165, 1.54) is 11.1 Å². The summed E-state index contributed by atoms with van der Waals surface area (Å²) in [4.78, 5) is 11.5. The van der Waals surface area contributed by atoms with E-state index in [0.717, 1.165) is 36.6 Å². The van der Waals surface area contributed by atoms with Crippen LogP contribution in [0.3, 0.4) is 0 Å². The summed E-state index contributed by atoms with van der Waals surface area (Å²) in [5.41, 5.74) is 4.54. The van der Waals surface area contributed by atoms with Crippen molar-refractivity contribution in [1.29, 1.82) is 0 Å². The van der Waals surface area contributed by atoms with Crippen molar-refractivity contribution in [1.82, 2.24) is 9.97 Å². The Morgan fingerprint density at radius 1 is 1.15 bits per heavy atom. The molecule has 0 fully saturated rings. The zero-order valence-electron chi connectivity index (χ0n) is 15.7. The van der Waals surface area contributed by atoms with Crippen LogP contribution < -0.4 is 10.2 Å². The first-order chi connectivity index (χ1) is 12.5. The molecule has 6 nitrogen and oxygen atoms in total. The maximum Gasteiger partial charge on any atom is 0.224 e. The number of hydrogen-bond acceptors (Lipinski definition) is 6. The molecule has 140 valence electrons. The van der Waals surface area contributed by atoms with Gasteiger partial charge >= 0.3 is 0 Å². The summed E-state index contributed by atoms with van der Waals surface area (Å²) in [5, 5.41) is 21.9. The van der Waals surface area contributed by atoms with Crippen molar-refractivity contribution in [3.8, 4) is 0 Å². The van der Waals surface area contributed by atoms with Gasteiger partial charge in [-0.05, 0) is 36.0 Å². The molecule has 0 bridgehead atoms. The molecular weight excluding hydrogens is 328 g/mol. The van der Waals surface area contributed by atoms with Crippen molar-refractivity contribution < 1.29 is 10.2 Å². The molecule has 26 heavy (non-hydrogen) atoms. The Morgan fingerprint density at radius 3 is 2.65 bits per heavy atom. The van der Waals surface area contributed by atoms with Crippen LogP contribution in [-0.2, 0) is 13.0 Å². The number of fused-ring (bicyclic) bond motifs is 1. The van der Waals surface area contributed by atoms with Crippen molar-refractivity contribution in [3.63, 3.8) is 0 Å². The van der Waals surface area contributed by atoms with Crippen LogP contribution in [0.5, 0.6) is 0 Å². The molecule has 6 heteroatoms. The molecule has 3 N–H and O–H groups in total. The molecule has 0 saturated heterocycles. The van der Waals surface area contributed by atoms with Crippen molar-refractivity contribution in [2.45, 2.75) is 45.8 Å². The number of nitrogens with zero attached hydrogens (tertiary/aromatic N) is 3. The van der Waals surface area contributed by atoms with Gasteiger partial charge in [0.15, 0.2) is 0 Å². The fourth-order valence-corrected chi connectivity index (χ4v) is 3.19. The van der Waals surface area contributed by atoms with Crippen LogP contribution in [0, 0.1) is 0 Å². The lowest BCUT2D eigenvalue weighted by Crippen LogP contribution is -2.31. The molecule has 1 aromatic heterocycles. The number of hydrogen-bond donors (Lipinski definition) is 3. The van der Waals surface area contributed by atoms with Crippen molar-refractivity contribution >= 4 is 11.8 Å². The van der Waals surface area contributed by atoms with E-state index in [-0.39, 0.29) is 6.61 Å². The van der Waals surface area contributed by atoms with E-state index < -0.39 is 6.10 Å². The van der Waals surface area contributed by atoms with Crippen LogP contribution in [0.4, 0.5) is 11.8 Å². The lowest BCUT2D eigenvalue weighted by molar-refractivity contribution is 0.199. The molecule has 2 aromatic rings. The molecular formula is C20H28N4O2. The molecule has 1 aliphatic heterocycles. The van der Waals surface area contributed by atoms with Crippen molar-refractivity contribution in [3.05, 3.63) is 46.6 Å². The van der Waals surface area contributed by atoms with Crippen LogP contribution in [0.1, 0.15) is 55.2 Å². The normalized spacial score (nSPS) is 15.1. The summed E-state index contributed by atoms with van der Waals surface area (Å²) >= 11 is 0. The third kappa shape index (κ3) is 4.14. The minimum absolute atomic E-state index is 0.0489. The zero-order chi connectivity index (χ0) is 18.7. The smallest absolute Gasteiger partial charge is 0.224 e. The highest BCUT2D eigenvalue weighted by molar-refractivity contribution is 5.49. The van der Waals surface area contributed by atoms with Gasteiger partial charge in [0.2, 0.25) is 5.95 Å². The standard InChI is InChI=1S/C20H28N4O2/c1-13(2)18-11-19(23-20(22-18)21-7-9-25)24-8-6-16-10-15(14(3)26)4-5-17(16)12-24/h4-5,10-11,13-14,25-26H,6-9,12H2,1-3H3,(H,21,22,23)/t14-/m1/s1. The molecule has 0 saturated carbocycles. The third-order valence-electron chi connectivity index (χ3n) is 4.77. The van der Waals surface area contributed by atoms with Gasteiger partial charge in [-0.3, -0.25) is 0 Å². The molecule has 1 atom stereocenters. The first kappa shape index (κ1) is 18.6. The minimum atomic E-state index is -0.436. The Labute approximate surface area is 154 Å². The van der Waals surface area contributed by atoms with Gasteiger partial charge in [-0.2, -0.15) is 4.98 Å². The summed E-state index contributed by atoms with van der Waals surface area (Å²) in [7, 11) is 0. The molecule has 0 radical (unpaired) electrons. The van der Waals surface area contributed by atoms with Crippen LogP contribution in [-0.4, -0.2) is 39.9 Å². The van der Waals surface area contributed by atoms with Gasteiger partial charge in [0, 0.05) is 25.7 Å². The Balaban J connectivity index is 1.86. The molecule has 0 amide bonds. The number of aromatic nitrogens is 2. The fourth-order valence-electron chi connectivity index (χ4n) is 3.19. The Hall–Kier alpha value is -2.18. The van der Waals surface area contributed by atoms with E-state index >= 15 is 0 Å². The Bertz CT molecular complexity index is 761. The average molecular weight is 356 g/mol. The molecule has 1 aromatic carbocycles. The quantitative estimate of drug-likeness (QED) is 0.738.